The first-order chi connectivity index (χ1) is 5.27. The number of carbonyl (C=O) groups excluding carboxylic acids is 1. The first-order valence-electron chi connectivity index (χ1n) is 4.54. The summed E-state index contributed by atoms with van der Waals surface area (Å²) in [5.74, 6) is 0.735. The van der Waals surface area contributed by atoms with Crippen molar-refractivity contribution < 1.29 is 4.79 Å². The van der Waals surface area contributed by atoms with Crippen LogP contribution in [0.25, 0.3) is 0 Å². The van der Waals surface area contributed by atoms with Gasteiger partial charge in [-0.05, 0) is 19.3 Å². The number of hydrogen-bond donors (Lipinski definition) is 1. The molecule has 0 unspecified atom stereocenters. The Morgan fingerprint density at radius 2 is 2.18 bits per heavy atom. The van der Waals surface area contributed by atoms with Gasteiger partial charge < -0.3 is 5.32 Å². The lowest BCUT2D eigenvalue weighted by Gasteiger charge is -2.27. The summed E-state index contributed by atoms with van der Waals surface area (Å²) < 4.78 is 0. The molecular formula is C9H17NO. The van der Waals surface area contributed by atoms with Gasteiger partial charge in [-0.25, -0.2) is 0 Å². The van der Waals surface area contributed by atoms with Crippen molar-refractivity contribution in [1.29, 1.82) is 0 Å². The molecule has 0 saturated carbocycles. The molecule has 2 atom stereocenters. The summed E-state index contributed by atoms with van der Waals surface area (Å²) >= 11 is 0. The fourth-order valence-corrected chi connectivity index (χ4v) is 1.65. The van der Waals surface area contributed by atoms with E-state index in [0.29, 0.717) is 24.3 Å². The second-order valence-electron chi connectivity index (χ2n) is 3.29. The molecule has 1 rings (SSSR count). The van der Waals surface area contributed by atoms with Crippen molar-refractivity contribution in [2.24, 2.45) is 5.92 Å². The molecule has 1 N–H and O–H groups in total. The number of ketones is 1. The highest BCUT2D eigenvalue weighted by atomic mass is 16.1. The van der Waals surface area contributed by atoms with Crippen LogP contribution in [-0.4, -0.2) is 18.4 Å². The highest BCUT2D eigenvalue weighted by molar-refractivity contribution is 5.83. The summed E-state index contributed by atoms with van der Waals surface area (Å²) in [5.41, 5.74) is 0. The Hall–Kier alpha value is -0.370. The summed E-state index contributed by atoms with van der Waals surface area (Å²) in [6.07, 6.45) is 3.20. The Labute approximate surface area is 68.4 Å². The third-order valence-electron chi connectivity index (χ3n) is 2.57. The molecule has 0 aromatic rings. The van der Waals surface area contributed by atoms with Crippen LogP contribution in [0.15, 0.2) is 0 Å². The van der Waals surface area contributed by atoms with Gasteiger partial charge in [0.15, 0.2) is 0 Å². The molecule has 2 heteroatoms. The van der Waals surface area contributed by atoms with Gasteiger partial charge in [0.05, 0.1) is 6.54 Å². The van der Waals surface area contributed by atoms with Crippen molar-refractivity contribution in [2.45, 2.75) is 39.2 Å². The maximum absolute atomic E-state index is 11.2. The average molecular weight is 155 g/mol. The normalized spacial score (nSPS) is 32.4. The fraction of sp³-hybridized carbons (Fsp3) is 0.889. The van der Waals surface area contributed by atoms with Crippen LogP contribution in [0.5, 0.6) is 0 Å². The van der Waals surface area contributed by atoms with Crippen LogP contribution in [-0.2, 0) is 4.79 Å². The van der Waals surface area contributed by atoms with Crippen LogP contribution in [0.1, 0.15) is 33.1 Å². The van der Waals surface area contributed by atoms with Crippen molar-refractivity contribution in [3.8, 4) is 0 Å². The van der Waals surface area contributed by atoms with Crippen LogP contribution in [0.2, 0.25) is 0 Å². The van der Waals surface area contributed by atoms with E-state index in [1.165, 1.54) is 0 Å². The lowest BCUT2D eigenvalue weighted by molar-refractivity contribution is -0.124. The van der Waals surface area contributed by atoms with E-state index in [1.54, 1.807) is 0 Å². The first kappa shape index (κ1) is 8.72. The molecule has 1 aliphatic rings. The second kappa shape index (κ2) is 3.86. The topological polar surface area (TPSA) is 29.1 Å². The third kappa shape index (κ3) is 2.03. The molecule has 1 heterocycles. The summed E-state index contributed by atoms with van der Waals surface area (Å²) in [4.78, 5) is 11.2. The minimum atomic E-state index is 0.334. The highest BCUT2D eigenvalue weighted by Gasteiger charge is 2.25. The van der Waals surface area contributed by atoms with E-state index in [4.69, 9.17) is 0 Å². The van der Waals surface area contributed by atoms with Crippen LogP contribution in [0, 0.1) is 5.92 Å². The van der Waals surface area contributed by atoms with E-state index in [1.807, 2.05) is 0 Å². The van der Waals surface area contributed by atoms with Crippen LogP contribution < -0.4 is 5.32 Å². The van der Waals surface area contributed by atoms with Crippen molar-refractivity contribution in [3.05, 3.63) is 0 Å². The zero-order valence-electron chi connectivity index (χ0n) is 7.39. The van der Waals surface area contributed by atoms with Gasteiger partial charge in [-0.2, -0.15) is 0 Å². The van der Waals surface area contributed by atoms with Crippen LogP contribution in [0.3, 0.4) is 0 Å². The minimum absolute atomic E-state index is 0.334. The van der Waals surface area contributed by atoms with E-state index >= 15 is 0 Å². The van der Waals surface area contributed by atoms with E-state index in [0.717, 1.165) is 19.3 Å². The molecule has 0 amide bonds. The lowest BCUT2D eigenvalue weighted by atomic mass is 9.88. The maximum Gasteiger partial charge on any atom is 0.149 e. The second-order valence-corrected chi connectivity index (χ2v) is 3.29. The fourth-order valence-electron chi connectivity index (χ4n) is 1.65. The average Bonchev–Trinajstić information content (AvgIpc) is 2.05. The lowest BCUT2D eigenvalue weighted by Crippen LogP contribution is -2.43. The summed E-state index contributed by atoms with van der Waals surface area (Å²) in [6.45, 7) is 4.86. The smallest absolute Gasteiger partial charge is 0.149 e. The Kier molecular flexibility index (Phi) is 3.06. The minimum Gasteiger partial charge on any atom is -0.307 e. The quantitative estimate of drug-likeness (QED) is 0.652. The van der Waals surface area contributed by atoms with Gasteiger partial charge >= 0.3 is 0 Å². The zero-order chi connectivity index (χ0) is 8.27. The number of nitrogens with one attached hydrogen (secondary N) is 1. The van der Waals surface area contributed by atoms with Crippen molar-refractivity contribution in [3.63, 3.8) is 0 Å². The molecular weight excluding hydrogens is 138 g/mol. The van der Waals surface area contributed by atoms with Crippen molar-refractivity contribution >= 4 is 5.78 Å². The van der Waals surface area contributed by atoms with Crippen LogP contribution in [0.4, 0.5) is 0 Å². The third-order valence-corrected chi connectivity index (χ3v) is 2.57. The summed E-state index contributed by atoms with van der Waals surface area (Å²) in [6, 6.07) is 0.581. The van der Waals surface area contributed by atoms with Crippen molar-refractivity contribution in [1.82, 2.24) is 5.32 Å². The largest absolute Gasteiger partial charge is 0.307 e. The van der Waals surface area contributed by atoms with Gasteiger partial charge in [-0.1, -0.05) is 13.8 Å². The Balaban J connectivity index is 2.44. The van der Waals surface area contributed by atoms with Gasteiger partial charge in [0, 0.05) is 12.0 Å². The van der Waals surface area contributed by atoms with E-state index in [-0.39, 0.29) is 0 Å². The number of piperidine rings is 1. The molecule has 0 spiro atoms. The molecule has 1 saturated heterocycles. The molecule has 0 aliphatic carbocycles. The molecule has 64 valence electrons. The Morgan fingerprint density at radius 1 is 1.45 bits per heavy atom. The molecule has 0 aromatic heterocycles. The summed E-state index contributed by atoms with van der Waals surface area (Å²) in [5, 5.41) is 3.23. The summed E-state index contributed by atoms with van der Waals surface area (Å²) in [7, 11) is 0. The predicted molar refractivity (Wildman–Crippen MR) is 45.5 cm³/mol. The van der Waals surface area contributed by atoms with Gasteiger partial charge in [0.1, 0.15) is 5.78 Å². The highest BCUT2D eigenvalue weighted by Crippen LogP contribution is 2.17. The number of carbonyl (C=O) groups is 1. The van der Waals surface area contributed by atoms with Gasteiger partial charge in [-0.15, -0.1) is 0 Å². The first-order valence-corrected chi connectivity index (χ1v) is 4.54. The molecule has 0 bridgehead atoms. The van der Waals surface area contributed by atoms with Crippen molar-refractivity contribution in [2.75, 3.05) is 6.54 Å². The number of rotatable bonds is 2. The molecule has 2 nitrogen and oxygen atoms in total. The van der Waals surface area contributed by atoms with Gasteiger partial charge in [0.2, 0.25) is 0 Å². The number of hydrogen-bond acceptors (Lipinski definition) is 2. The Morgan fingerprint density at radius 3 is 2.73 bits per heavy atom. The van der Waals surface area contributed by atoms with E-state index in [2.05, 4.69) is 19.2 Å². The van der Waals surface area contributed by atoms with E-state index in [9.17, 15) is 4.79 Å². The predicted octanol–water partition coefficient (Wildman–Crippen LogP) is 1.35. The molecule has 0 aromatic carbocycles. The molecule has 1 fully saturated rings. The number of Topliss-reactive ketones (excluding diaryl/α,β-unsaturated/α-hetero) is 1. The molecule has 1 aliphatic heterocycles. The Bertz CT molecular complexity index is 144. The van der Waals surface area contributed by atoms with E-state index < -0.39 is 0 Å². The maximum atomic E-state index is 11.2. The zero-order valence-corrected chi connectivity index (χ0v) is 7.39. The standard InChI is InChI=1S/C9H17NO/c1-3-7-5-8(4-2)10-6-9(7)11/h7-8,10H,3-6H2,1-2H3/t7-,8+/m0/s1. The van der Waals surface area contributed by atoms with Gasteiger partial charge in [0.25, 0.3) is 0 Å². The van der Waals surface area contributed by atoms with Gasteiger partial charge in [-0.3, -0.25) is 4.79 Å². The van der Waals surface area contributed by atoms with Crippen LogP contribution >= 0.6 is 0 Å². The SMILES string of the molecule is CC[C@@H]1C[C@H](CC)C(=O)CN1. The molecule has 0 radical (unpaired) electrons. The monoisotopic (exact) mass is 155 g/mol. The molecule has 11 heavy (non-hydrogen) atoms.